The van der Waals surface area contributed by atoms with E-state index in [2.05, 4.69) is 0 Å². The third-order valence-corrected chi connectivity index (χ3v) is 4.72. The molecule has 2 N–H and O–H groups in total. The Kier molecular flexibility index (Phi) is 4.21. The average molecular weight is 346 g/mol. The molecule has 2 aromatic carbocycles. The third kappa shape index (κ3) is 3.37. The summed E-state index contributed by atoms with van der Waals surface area (Å²) in [7, 11) is -3.83. The second-order valence-electron chi connectivity index (χ2n) is 5.46. The van der Waals surface area contributed by atoms with Crippen molar-refractivity contribution in [2.45, 2.75) is 11.3 Å². The maximum absolute atomic E-state index is 13.1. The lowest BCUT2D eigenvalue weighted by molar-refractivity contribution is -0.114. The fourth-order valence-electron chi connectivity index (χ4n) is 2.63. The molecule has 0 spiro atoms. The molecule has 0 aromatic heterocycles. The van der Waals surface area contributed by atoms with Crippen LogP contribution in [0.15, 0.2) is 53.4 Å². The van der Waals surface area contributed by atoms with Crippen LogP contribution >= 0.6 is 0 Å². The molecular formula is C17H15FN2O3S. The van der Waals surface area contributed by atoms with Gasteiger partial charge >= 0.3 is 0 Å². The Bertz CT molecular complexity index is 939. The summed E-state index contributed by atoms with van der Waals surface area (Å²) in [6, 6.07) is 10.4. The molecule has 0 aliphatic carbocycles. The van der Waals surface area contributed by atoms with Crippen molar-refractivity contribution in [2.75, 3.05) is 11.4 Å². The Morgan fingerprint density at radius 2 is 2.00 bits per heavy atom. The second-order valence-corrected chi connectivity index (χ2v) is 7.03. The summed E-state index contributed by atoms with van der Waals surface area (Å²) in [4.78, 5) is 13.8. The van der Waals surface area contributed by atoms with Gasteiger partial charge in [0.2, 0.25) is 10.0 Å². The van der Waals surface area contributed by atoms with E-state index in [-0.39, 0.29) is 16.6 Å². The van der Waals surface area contributed by atoms with E-state index in [1.807, 2.05) is 0 Å². The van der Waals surface area contributed by atoms with Crippen LogP contribution in [-0.4, -0.2) is 20.9 Å². The highest BCUT2D eigenvalue weighted by Gasteiger charge is 2.25. The Hall–Kier alpha value is -2.51. The molecule has 0 radical (unpaired) electrons. The van der Waals surface area contributed by atoms with Crippen molar-refractivity contribution < 1.29 is 17.6 Å². The maximum atomic E-state index is 13.1. The Morgan fingerprint density at radius 3 is 2.71 bits per heavy atom. The summed E-state index contributed by atoms with van der Waals surface area (Å²) < 4.78 is 36.1. The smallest absolute Gasteiger partial charge is 0.251 e. The number of hydrogen-bond donors (Lipinski definition) is 1. The number of nitrogens with two attached hydrogens (primary N) is 1. The van der Waals surface area contributed by atoms with Crippen molar-refractivity contribution >= 4 is 27.7 Å². The summed E-state index contributed by atoms with van der Waals surface area (Å²) in [6.07, 6.45) is 3.50. The van der Waals surface area contributed by atoms with Gasteiger partial charge < -0.3 is 4.90 Å². The molecule has 1 heterocycles. The molecule has 5 nitrogen and oxygen atoms in total. The van der Waals surface area contributed by atoms with Crippen LogP contribution in [0.1, 0.15) is 11.1 Å². The second kappa shape index (κ2) is 6.18. The number of primary sulfonamides is 1. The molecule has 0 fully saturated rings. The highest BCUT2D eigenvalue weighted by Crippen LogP contribution is 2.30. The number of nitrogens with zero attached hydrogens (tertiary/aromatic N) is 1. The molecule has 0 unspecified atom stereocenters. The molecular weight excluding hydrogens is 331 g/mol. The quantitative estimate of drug-likeness (QED) is 0.864. The van der Waals surface area contributed by atoms with Crippen LogP contribution in [-0.2, 0) is 21.2 Å². The molecule has 7 heteroatoms. The van der Waals surface area contributed by atoms with E-state index in [0.717, 1.165) is 5.56 Å². The zero-order valence-electron chi connectivity index (χ0n) is 12.6. The number of rotatable bonds is 3. The molecule has 1 aliphatic rings. The van der Waals surface area contributed by atoms with Gasteiger partial charge in [0.05, 0.1) is 4.90 Å². The van der Waals surface area contributed by atoms with Crippen molar-refractivity contribution in [3.05, 3.63) is 65.5 Å². The molecule has 124 valence electrons. The van der Waals surface area contributed by atoms with E-state index in [1.165, 1.54) is 41.3 Å². The van der Waals surface area contributed by atoms with Gasteiger partial charge in [0.25, 0.3) is 5.91 Å². The minimum atomic E-state index is -3.83. The number of fused-ring (bicyclic) bond motifs is 1. The van der Waals surface area contributed by atoms with Gasteiger partial charge in [0, 0.05) is 18.3 Å². The number of anilines is 1. The molecule has 0 saturated heterocycles. The summed E-state index contributed by atoms with van der Waals surface area (Å²) >= 11 is 0. The maximum Gasteiger partial charge on any atom is 0.251 e. The number of carbonyl (C=O) groups is 1. The fourth-order valence-corrected chi connectivity index (χ4v) is 3.17. The SMILES string of the molecule is NS(=O)(=O)c1ccc2c(c1)N(C(=O)/C=C/c1cccc(F)c1)CC2. The standard InChI is InChI=1S/C17H15FN2O3S/c18-14-3-1-2-12(10-14)4-7-17(21)20-9-8-13-5-6-15(11-16(13)20)24(19,22)23/h1-7,10-11H,8-9H2,(H2,19,22,23)/b7-4+. The molecule has 0 bridgehead atoms. The summed E-state index contributed by atoms with van der Waals surface area (Å²) in [5, 5.41) is 5.14. The molecule has 1 amide bonds. The minimum absolute atomic E-state index is 0.0324. The van der Waals surface area contributed by atoms with E-state index >= 15 is 0 Å². The molecule has 2 aromatic rings. The van der Waals surface area contributed by atoms with Crippen molar-refractivity contribution in [1.29, 1.82) is 0 Å². The molecule has 0 saturated carbocycles. The van der Waals surface area contributed by atoms with Crippen LogP contribution in [0.3, 0.4) is 0 Å². The van der Waals surface area contributed by atoms with Gasteiger partial charge in [-0.1, -0.05) is 18.2 Å². The monoisotopic (exact) mass is 346 g/mol. The zero-order valence-corrected chi connectivity index (χ0v) is 13.5. The van der Waals surface area contributed by atoms with Crippen molar-refractivity contribution in [2.24, 2.45) is 5.14 Å². The highest BCUT2D eigenvalue weighted by molar-refractivity contribution is 7.89. The third-order valence-electron chi connectivity index (χ3n) is 3.81. The van der Waals surface area contributed by atoms with Gasteiger partial charge in [-0.3, -0.25) is 4.79 Å². The van der Waals surface area contributed by atoms with E-state index in [9.17, 15) is 17.6 Å². The van der Waals surface area contributed by atoms with Crippen LogP contribution in [0.25, 0.3) is 6.08 Å². The summed E-state index contributed by atoms with van der Waals surface area (Å²) in [5.41, 5.74) is 1.99. The first-order valence-electron chi connectivity index (χ1n) is 7.25. The number of carbonyl (C=O) groups excluding carboxylic acids is 1. The lowest BCUT2D eigenvalue weighted by atomic mass is 10.2. The highest BCUT2D eigenvalue weighted by atomic mass is 32.2. The van der Waals surface area contributed by atoms with Gasteiger partial charge in [-0.25, -0.2) is 17.9 Å². The fraction of sp³-hybridized carbons (Fsp3) is 0.118. The zero-order chi connectivity index (χ0) is 17.3. The minimum Gasteiger partial charge on any atom is -0.308 e. The molecule has 1 aliphatic heterocycles. The lowest BCUT2D eigenvalue weighted by Gasteiger charge is -2.15. The summed E-state index contributed by atoms with van der Waals surface area (Å²) in [6.45, 7) is 0.454. The van der Waals surface area contributed by atoms with Crippen LogP contribution in [0.2, 0.25) is 0 Å². The molecule has 0 atom stereocenters. The van der Waals surface area contributed by atoms with E-state index in [4.69, 9.17) is 5.14 Å². The lowest BCUT2D eigenvalue weighted by Crippen LogP contribution is -2.27. The first kappa shape index (κ1) is 16.4. The molecule has 24 heavy (non-hydrogen) atoms. The number of amides is 1. The Morgan fingerprint density at radius 1 is 1.21 bits per heavy atom. The van der Waals surface area contributed by atoms with Crippen LogP contribution in [0.4, 0.5) is 10.1 Å². The van der Waals surface area contributed by atoms with Crippen LogP contribution < -0.4 is 10.0 Å². The normalized spacial score (nSPS) is 14.2. The van der Waals surface area contributed by atoms with Crippen LogP contribution in [0.5, 0.6) is 0 Å². The van der Waals surface area contributed by atoms with Crippen molar-refractivity contribution in [3.63, 3.8) is 0 Å². The average Bonchev–Trinajstić information content (AvgIpc) is 2.95. The van der Waals surface area contributed by atoms with Crippen LogP contribution in [0, 0.1) is 5.82 Å². The van der Waals surface area contributed by atoms with Gasteiger partial charge in [-0.15, -0.1) is 0 Å². The van der Waals surface area contributed by atoms with E-state index in [0.29, 0.717) is 24.2 Å². The topological polar surface area (TPSA) is 80.5 Å². The van der Waals surface area contributed by atoms with Crippen molar-refractivity contribution in [3.8, 4) is 0 Å². The number of hydrogen-bond acceptors (Lipinski definition) is 3. The van der Waals surface area contributed by atoms with Gasteiger partial charge in [0.1, 0.15) is 5.82 Å². The molecule has 3 rings (SSSR count). The summed E-state index contributed by atoms with van der Waals surface area (Å²) in [5.74, 6) is -0.682. The Balaban J connectivity index is 1.86. The Labute approximate surface area is 139 Å². The van der Waals surface area contributed by atoms with E-state index < -0.39 is 10.0 Å². The number of halogens is 1. The number of benzene rings is 2. The first-order chi connectivity index (χ1) is 11.3. The predicted octanol–water partition coefficient (Wildman–Crippen LogP) is 2.08. The largest absolute Gasteiger partial charge is 0.308 e. The van der Waals surface area contributed by atoms with Gasteiger partial charge in [-0.2, -0.15) is 0 Å². The predicted molar refractivity (Wildman–Crippen MR) is 89.3 cm³/mol. The number of sulfonamides is 1. The van der Waals surface area contributed by atoms with E-state index in [1.54, 1.807) is 18.2 Å². The van der Waals surface area contributed by atoms with Gasteiger partial charge in [-0.05, 0) is 47.9 Å². The first-order valence-corrected chi connectivity index (χ1v) is 8.80. The van der Waals surface area contributed by atoms with Crippen molar-refractivity contribution in [1.82, 2.24) is 0 Å². The van der Waals surface area contributed by atoms with Gasteiger partial charge in [0.15, 0.2) is 0 Å².